The standard InChI is InChI=1S/C14H18N4O/c1-4-5-16-14-17-10(2)6-13(18-14)11-7-12(19-3)9-15-8-11/h6-9H,4-5H2,1-3H3,(H,16,17,18). The highest BCUT2D eigenvalue weighted by molar-refractivity contribution is 5.61. The lowest BCUT2D eigenvalue weighted by atomic mass is 10.2. The molecular formula is C14H18N4O. The molecule has 0 saturated heterocycles. The van der Waals surface area contributed by atoms with Gasteiger partial charge in [0.25, 0.3) is 0 Å². The van der Waals surface area contributed by atoms with Crippen molar-refractivity contribution in [1.82, 2.24) is 15.0 Å². The van der Waals surface area contributed by atoms with Crippen LogP contribution in [0.4, 0.5) is 5.95 Å². The summed E-state index contributed by atoms with van der Waals surface area (Å²) < 4.78 is 5.18. The van der Waals surface area contributed by atoms with Crippen molar-refractivity contribution in [3.63, 3.8) is 0 Å². The van der Waals surface area contributed by atoms with Gasteiger partial charge in [-0.2, -0.15) is 0 Å². The van der Waals surface area contributed by atoms with Gasteiger partial charge in [0.2, 0.25) is 5.95 Å². The number of aromatic nitrogens is 3. The number of hydrogen-bond acceptors (Lipinski definition) is 5. The van der Waals surface area contributed by atoms with Crippen LogP contribution < -0.4 is 10.1 Å². The SMILES string of the molecule is CCCNc1nc(C)cc(-c2cncc(OC)c2)n1. The maximum Gasteiger partial charge on any atom is 0.223 e. The third kappa shape index (κ3) is 3.40. The van der Waals surface area contributed by atoms with Gasteiger partial charge in [0.1, 0.15) is 5.75 Å². The third-order valence-electron chi connectivity index (χ3n) is 2.63. The van der Waals surface area contributed by atoms with Crippen molar-refractivity contribution < 1.29 is 4.74 Å². The first kappa shape index (κ1) is 13.3. The van der Waals surface area contributed by atoms with Crippen LogP contribution in [-0.2, 0) is 0 Å². The van der Waals surface area contributed by atoms with Crippen LogP contribution in [-0.4, -0.2) is 28.6 Å². The fourth-order valence-electron chi connectivity index (χ4n) is 1.70. The summed E-state index contributed by atoms with van der Waals surface area (Å²) >= 11 is 0. The van der Waals surface area contributed by atoms with E-state index in [-0.39, 0.29) is 0 Å². The Kier molecular flexibility index (Phi) is 4.28. The summed E-state index contributed by atoms with van der Waals surface area (Å²) in [5.74, 6) is 1.37. The van der Waals surface area contributed by atoms with Gasteiger partial charge in [0, 0.05) is 24.0 Å². The topological polar surface area (TPSA) is 59.9 Å². The molecule has 0 spiro atoms. The van der Waals surface area contributed by atoms with E-state index >= 15 is 0 Å². The van der Waals surface area contributed by atoms with E-state index in [4.69, 9.17) is 4.74 Å². The molecule has 0 unspecified atom stereocenters. The number of pyridine rings is 1. The number of nitrogens with zero attached hydrogens (tertiary/aromatic N) is 3. The van der Waals surface area contributed by atoms with Crippen LogP contribution in [0.25, 0.3) is 11.3 Å². The second-order valence-electron chi connectivity index (χ2n) is 4.26. The van der Waals surface area contributed by atoms with E-state index in [0.717, 1.165) is 35.7 Å². The molecule has 0 aromatic carbocycles. The molecule has 0 amide bonds. The highest BCUT2D eigenvalue weighted by Gasteiger charge is 2.06. The quantitative estimate of drug-likeness (QED) is 0.893. The first-order chi connectivity index (χ1) is 9.22. The summed E-state index contributed by atoms with van der Waals surface area (Å²) in [7, 11) is 1.63. The summed E-state index contributed by atoms with van der Waals surface area (Å²) in [6.45, 7) is 4.92. The van der Waals surface area contributed by atoms with Crippen LogP contribution in [0.2, 0.25) is 0 Å². The Morgan fingerprint density at radius 1 is 1.21 bits per heavy atom. The Bertz CT molecular complexity index is 557. The Morgan fingerprint density at radius 3 is 2.79 bits per heavy atom. The van der Waals surface area contributed by atoms with Gasteiger partial charge >= 0.3 is 0 Å². The Labute approximate surface area is 113 Å². The zero-order valence-corrected chi connectivity index (χ0v) is 11.5. The maximum absolute atomic E-state index is 5.18. The van der Waals surface area contributed by atoms with Gasteiger partial charge in [-0.1, -0.05) is 6.92 Å². The summed E-state index contributed by atoms with van der Waals surface area (Å²) in [6.07, 6.45) is 4.48. The van der Waals surface area contributed by atoms with Crippen LogP contribution in [0.15, 0.2) is 24.5 Å². The van der Waals surface area contributed by atoms with Gasteiger partial charge in [0.15, 0.2) is 0 Å². The molecular weight excluding hydrogens is 240 g/mol. The molecule has 0 aliphatic rings. The molecule has 19 heavy (non-hydrogen) atoms. The summed E-state index contributed by atoms with van der Waals surface area (Å²) in [5.41, 5.74) is 2.69. The molecule has 0 saturated carbocycles. The minimum absolute atomic E-state index is 0.652. The molecule has 5 nitrogen and oxygen atoms in total. The van der Waals surface area contributed by atoms with Crippen molar-refractivity contribution in [2.45, 2.75) is 20.3 Å². The molecule has 0 aliphatic carbocycles. The minimum Gasteiger partial charge on any atom is -0.495 e. The molecule has 2 rings (SSSR count). The Balaban J connectivity index is 2.34. The van der Waals surface area contributed by atoms with Crippen LogP contribution in [0.5, 0.6) is 5.75 Å². The molecule has 100 valence electrons. The van der Waals surface area contributed by atoms with Crippen LogP contribution in [0.3, 0.4) is 0 Å². The normalized spacial score (nSPS) is 10.3. The number of anilines is 1. The molecule has 5 heteroatoms. The molecule has 0 fully saturated rings. The first-order valence-corrected chi connectivity index (χ1v) is 6.32. The van der Waals surface area contributed by atoms with Gasteiger partial charge in [-0.15, -0.1) is 0 Å². The second kappa shape index (κ2) is 6.13. The summed E-state index contributed by atoms with van der Waals surface area (Å²) in [6, 6.07) is 3.85. The van der Waals surface area contributed by atoms with Crippen molar-refractivity contribution in [1.29, 1.82) is 0 Å². The van der Waals surface area contributed by atoms with Gasteiger partial charge in [-0.3, -0.25) is 4.98 Å². The molecule has 1 N–H and O–H groups in total. The molecule has 0 atom stereocenters. The zero-order chi connectivity index (χ0) is 13.7. The zero-order valence-electron chi connectivity index (χ0n) is 11.5. The van der Waals surface area contributed by atoms with Gasteiger partial charge < -0.3 is 10.1 Å². The van der Waals surface area contributed by atoms with Crippen molar-refractivity contribution in [2.75, 3.05) is 19.0 Å². The molecule has 2 heterocycles. The molecule has 2 aromatic rings. The number of rotatable bonds is 5. The van der Waals surface area contributed by atoms with E-state index in [1.165, 1.54) is 0 Å². The van der Waals surface area contributed by atoms with Crippen molar-refractivity contribution in [3.8, 4) is 17.0 Å². The fraction of sp³-hybridized carbons (Fsp3) is 0.357. The number of hydrogen-bond donors (Lipinski definition) is 1. The van der Waals surface area contributed by atoms with Crippen molar-refractivity contribution >= 4 is 5.95 Å². The van der Waals surface area contributed by atoms with E-state index in [1.807, 2.05) is 19.1 Å². The van der Waals surface area contributed by atoms with Crippen molar-refractivity contribution in [3.05, 3.63) is 30.2 Å². The van der Waals surface area contributed by atoms with Crippen LogP contribution in [0, 0.1) is 6.92 Å². The van der Waals surface area contributed by atoms with E-state index in [2.05, 4.69) is 27.2 Å². The van der Waals surface area contributed by atoms with E-state index in [0.29, 0.717) is 5.95 Å². The van der Waals surface area contributed by atoms with Crippen LogP contribution >= 0.6 is 0 Å². The predicted octanol–water partition coefficient (Wildman–Crippen LogP) is 2.68. The lowest BCUT2D eigenvalue weighted by Gasteiger charge is -2.08. The monoisotopic (exact) mass is 258 g/mol. The number of ether oxygens (including phenoxy) is 1. The molecule has 0 radical (unpaired) electrons. The van der Waals surface area contributed by atoms with Gasteiger partial charge in [0.05, 0.1) is 19.0 Å². The number of aryl methyl sites for hydroxylation is 1. The maximum atomic E-state index is 5.18. The largest absolute Gasteiger partial charge is 0.495 e. The summed E-state index contributed by atoms with van der Waals surface area (Å²) in [5, 5.41) is 3.20. The van der Waals surface area contributed by atoms with Gasteiger partial charge in [-0.25, -0.2) is 9.97 Å². The number of methoxy groups -OCH3 is 1. The van der Waals surface area contributed by atoms with E-state index < -0.39 is 0 Å². The van der Waals surface area contributed by atoms with E-state index in [9.17, 15) is 0 Å². The van der Waals surface area contributed by atoms with E-state index in [1.54, 1.807) is 19.5 Å². The average molecular weight is 258 g/mol. The smallest absolute Gasteiger partial charge is 0.223 e. The lowest BCUT2D eigenvalue weighted by molar-refractivity contribution is 0.413. The van der Waals surface area contributed by atoms with Crippen molar-refractivity contribution in [2.24, 2.45) is 0 Å². The molecule has 2 aromatic heterocycles. The minimum atomic E-state index is 0.652. The first-order valence-electron chi connectivity index (χ1n) is 6.32. The second-order valence-corrected chi connectivity index (χ2v) is 4.26. The Morgan fingerprint density at radius 2 is 2.05 bits per heavy atom. The Hall–Kier alpha value is -2.17. The van der Waals surface area contributed by atoms with Gasteiger partial charge in [-0.05, 0) is 25.5 Å². The lowest BCUT2D eigenvalue weighted by Crippen LogP contribution is -2.05. The average Bonchev–Trinajstić information content (AvgIpc) is 2.44. The third-order valence-corrected chi connectivity index (χ3v) is 2.63. The fourth-order valence-corrected chi connectivity index (χ4v) is 1.70. The molecule has 0 bridgehead atoms. The molecule has 0 aliphatic heterocycles. The predicted molar refractivity (Wildman–Crippen MR) is 75.3 cm³/mol. The number of nitrogens with one attached hydrogen (secondary N) is 1. The van der Waals surface area contributed by atoms with Crippen LogP contribution in [0.1, 0.15) is 19.0 Å². The highest BCUT2D eigenvalue weighted by Crippen LogP contribution is 2.22. The highest BCUT2D eigenvalue weighted by atomic mass is 16.5. The summed E-state index contributed by atoms with van der Waals surface area (Å²) in [4.78, 5) is 13.0.